The van der Waals surface area contributed by atoms with Crippen LogP contribution in [0.4, 0.5) is 22.7 Å². The van der Waals surface area contributed by atoms with Crippen molar-refractivity contribution in [3.8, 4) is 45.0 Å². The number of nitrogens with one attached hydrogen (secondary N) is 5. The normalized spacial score (nSPS) is 12.1. The third kappa shape index (κ3) is 26.5. The molecular weight excluding hydrogens is 1930 g/mol. The second-order valence-corrected chi connectivity index (χ2v) is 35.0. The summed E-state index contributed by atoms with van der Waals surface area (Å²) in [6, 6.07) is 92.7. The van der Waals surface area contributed by atoms with Crippen molar-refractivity contribution in [2.75, 3.05) is 48.5 Å². The predicted molar refractivity (Wildman–Crippen MR) is 553 cm³/mol. The Morgan fingerprint density at radius 2 is 0.643 bits per heavy atom. The average molecular weight is 2020 g/mol. The molecule has 2 atom stereocenters. The molecule has 11 aromatic carbocycles. The smallest absolute Gasteiger partial charge is 0.257 e. The van der Waals surface area contributed by atoms with Crippen LogP contribution in [0.25, 0.3) is 45.0 Å². The first-order valence-electron chi connectivity index (χ1n) is 43.4. The highest BCUT2D eigenvalue weighted by molar-refractivity contribution is 6.38. The van der Waals surface area contributed by atoms with E-state index < -0.39 is 35.8 Å². The quantitative estimate of drug-likeness (QED) is 0.0280. The van der Waals surface area contributed by atoms with Crippen molar-refractivity contribution >= 4 is 163 Å². The molecule has 5 heterocycles. The summed E-state index contributed by atoms with van der Waals surface area (Å²) >= 11 is 50.9. The lowest BCUT2D eigenvalue weighted by atomic mass is 10.1. The maximum atomic E-state index is 13.1. The van der Waals surface area contributed by atoms with Crippen molar-refractivity contribution in [3.63, 3.8) is 0 Å². The molecule has 0 unspecified atom stereocenters. The van der Waals surface area contributed by atoms with E-state index in [4.69, 9.17) is 92.8 Å². The fourth-order valence-corrected chi connectivity index (χ4v) is 16.8. The molecule has 702 valence electrons. The molecule has 0 aliphatic heterocycles. The van der Waals surface area contributed by atoms with E-state index >= 15 is 0 Å². The first-order valence-corrected chi connectivity index (χ1v) is 46.5. The van der Waals surface area contributed by atoms with E-state index in [0.29, 0.717) is 131 Å². The molecule has 31 heteroatoms. The summed E-state index contributed by atoms with van der Waals surface area (Å²) in [5, 5.41) is 36.7. The minimum Gasteiger partial charge on any atom is -0.395 e. The standard InChI is InChI=1S/C28H21Cl2N3O3.C28H23Cl2N3O3.C27H21Cl2N3O2.C26H20Cl2N4O2/c29-22-11-9-18(15-21(22)24-7-3-4-12-31-24)32-28(36)20-10-8-17(13-23(20)30)27(35)33-26-19-6-2-1-5-16(19)14-25(26)34;29-24-12-10-21(17-23(24)26-8-4-5-13-31-26)32-27(35)22-11-9-20(16-25(22)30)28(36)33(14-15-34)18-19-6-2-1-3-7-19;1-32(17-18-7-3-2-4-8-18)27(34)19-10-12-21(24(29)15-19)26(33)31-20-11-13-23(28)22(16-20)25-9-5-6-14-30-25;1-32(16-19-6-2-4-12-29-19)26(34)17-8-10-20(23(28)14-17)25(33)31-18-9-11-22(27)21(15-18)24-7-3-5-13-30-24/h1-13,15,25-26,34H,14H2,(H,32,36)(H,33,35);1-13,16-17,34H,14-15,18H2,(H,32,35);2-16H,17H2,1H3,(H,31,33);2-15H,16H2,1H3,(H,31,33)/t25-,26+;;;/m0.../s1. The molecule has 0 bridgehead atoms. The van der Waals surface area contributed by atoms with Gasteiger partial charge in [-0.2, -0.15) is 0 Å². The number of rotatable bonds is 25. The van der Waals surface area contributed by atoms with E-state index in [1.165, 1.54) is 53.4 Å². The zero-order chi connectivity index (χ0) is 98.9. The van der Waals surface area contributed by atoms with Gasteiger partial charge in [-0.15, -0.1) is 0 Å². The van der Waals surface area contributed by atoms with Crippen LogP contribution in [0.3, 0.4) is 0 Å². The Hall–Kier alpha value is -14.8. The minimum absolute atomic E-state index is 0.131. The molecule has 1 aliphatic carbocycles. The number of halogens is 8. The molecule has 0 spiro atoms. The zero-order valence-corrected chi connectivity index (χ0v) is 80.7. The summed E-state index contributed by atoms with van der Waals surface area (Å²) in [5.41, 5.74) is 14.7. The number of amides is 8. The molecule has 7 N–H and O–H groups in total. The number of pyridine rings is 5. The van der Waals surface area contributed by atoms with Crippen molar-refractivity contribution in [1.29, 1.82) is 0 Å². The SMILES string of the molecule is CN(Cc1ccccc1)C(=O)c1ccc(C(=O)Nc2ccc(Cl)c(-c3ccccn3)c2)c(Cl)c1.CN(Cc1ccccn1)C(=O)c1ccc(C(=O)Nc2ccc(Cl)c(-c3ccccn3)c2)c(Cl)c1.O=C(N[C@@H]1c2ccccc2C[C@@H]1O)c1ccc(C(=O)Nc2ccc(Cl)c(-c3ccccn3)c2)c(Cl)c1.O=C(Nc1ccc(Cl)c(-c2ccccn2)c1)c1ccc(C(=O)N(CCO)Cc2ccccc2)cc1Cl. The van der Waals surface area contributed by atoms with Gasteiger partial charge < -0.3 is 51.5 Å². The van der Waals surface area contributed by atoms with E-state index in [2.05, 4.69) is 51.5 Å². The van der Waals surface area contributed by atoms with Crippen LogP contribution in [0.5, 0.6) is 0 Å². The molecule has 16 aromatic rings. The van der Waals surface area contributed by atoms with E-state index in [9.17, 15) is 48.6 Å². The predicted octanol–water partition coefficient (Wildman–Crippen LogP) is 24.2. The van der Waals surface area contributed by atoms with Gasteiger partial charge in [0, 0.05) is 138 Å². The van der Waals surface area contributed by atoms with Crippen molar-refractivity contribution in [3.05, 3.63) is 465 Å². The van der Waals surface area contributed by atoms with Crippen LogP contribution < -0.4 is 26.6 Å². The van der Waals surface area contributed by atoms with Crippen molar-refractivity contribution in [2.45, 2.75) is 38.2 Å². The molecule has 5 aromatic heterocycles. The van der Waals surface area contributed by atoms with E-state index in [1.807, 2.05) is 176 Å². The summed E-state index contributed by atoms with van der Waals surface area (Å²) < 4.78 is 0. The van der Waals surface area contributed by atoms with Gasteiger partial charge in [-0.05, 0) is 229 Å². The third-order valence-corrected chi connectivity index (χ3v) is 24.5. The lowest BCUT2D eigenvalue weighted by Gasteiger charge is -2.22. The molecular formula is C109H85Cl8N13O10. The number of hydrogen-bond acceptors (Lipinski definition) is 15. The number of nitrogens with zero attached hydrogens (tertiary/aromatic N) is 8. The first-order chi connectivity index (χ1) is 67.7. The molecule has 140 heavy (non-hydrogen) atoms. The van der Waals surface area contributed by atoms with Crippen molar-refractivity contribution in [1.82, 2.24) is 44.9 Å². The average Bonchev–Trinajstić information content (AvgIpc) is 1.67. The third-order valence-electron chi connectivity index (χ3n) is 22.0. The number of benzene rings is 11. The summed E-state index contributed by atoms with van der Waals surface area (Å²) in [7, 11) is 3.41. The summed E-state index contributed by atoms with van der Waals surface area (Å²) in [6.45, 7) is 1.16. The maximum absolute atomic E-state index is 13.1. The van der Waals surface area contributed by atoms with Gasteiger partial charge in [0.25, 0.3) is 47.3 Å². The number of aliphatic hydroxyl groups is 2. The highest BCUT2D eigenvalue weighted by Gasteiger charge is 2.33. The molecule has 0 fully saturated rings. The maximum Gasteiger partial charge on any atom is 0.257 e. The Morgan fingerprint density at radius 1 is 0.321 bits per heavy atom. The Morgan fingerprint density at radius 3 is 0.993 bits per heavy atom. The number of aromatic nitrogens is 5. The molecule has 23 nitrogen and oxygen atoms in total. The van der Waals surface area contributed by atoms with Gasteiger partial charge in [-0.3, -0.25) is 63.3 Å². The number of fused-ring (bicyclic) bond motifs is 1. The Balaban J connectivity index is 0.000000149. The van der Waals surface area contributed by atoms with Gasteiger partial charge in [0.1, 0.15) is 0 Å². The zero-order valence-electron chi connectivity index (χ0n) is 74.6. The molecule has 1 aliphatic rings. The lowest BCUT2D eigenvalue weighted by Crippen LogP contribution is -2.33. The number of carbonyl (C=O) groups is 8. The van der Waals surface area contributed by atoms with Crippen LogP contribution in [0, 0.1) is 0 Å². The highest BCUT2D eigenvalue weighted by Crippen LogP contribution is 2.38. The van der Waals surface area contributed by atoms with E-state index in [0.717, 1.165) is 27.9 Å². The summed E-state index contributed by atoms with van der Waals surface area (Å²) in [5.74, 6) is -2.74. The Bertz CT molecular complexity index is 6980. The number of hydrogen-bond donors (Lipinski definition) is 7. The van der Waals surface area contributed by atoms with Crippen LogP contribution in [-0.4, -0.2) is 130 Å². The molecule has 0 saturated heterocycles. The fourth-order valence-electron chi connectivity index (χ4n) is 14.9. The van der Waals surface area contributed by atoms with Gasteiger partial charge in [0.2, 0.25) is 0 Å². The molecule has 8 amide bonds. The van der Waals surface area contributed by atoms with Crippen LogP contribution in [-0.2, 0) is 26.1 Å². The highest BCUT2D eigenvalue weighted by atomic mass is 35.5. The summed E-state index contributed by atoms with van der Waals surface area (Å²) in [6.07, 6.45) is 8.14. The fraction of sp³-hybridized carbons (Fsp3) is 0.0917. The van der Waals surface area contributed by atoms with Gasteiger partial charge in [-0.25, -0.2) is 0 Å². The van der Waals surface area contributed by atoms with Crippen LogP contribution in [0.2, 0.25) is 40.2 Å². The largest absolute Gasteiger partial charge is 0.395 e. The second kappa shape index (κ2) is 48.5. The van der Waals surface area contributed by atoms with E-state index in [-0.39, 0.29) is 84.7 Å². The van der Waals surface area contributed by atoms with Gasteiger partial charge in [0.15, 0.2) is 0 Å². The van der Waals surface area contributed by atoms with Gasteiger partial charge in [-0.1, -0.05) is 208 Å². The van der Waals surface area contributed by atoms with E-state index in [1.54, 1.807) is 152 Å². The molecule has 0 saturated carbocycles. The number of carbonyl (C=O) groups excluding carboxylic acids is 8. The minimum atomic E-state index is -0.706. The second-order valence-electron chi connectivity index (χ2n) is 31.7. The first kappa shape index (κ1) is 101. The van der Waals surface area contributed by atoms with Crippen LogP contribution in [0.1, 0.15) is 117 Å². The van der Waals surface area contributed by atoms with Crippen molar-refractivity contribution < 1.29 is 48.6 Å². The summed E-state index contributed by atoms with van der Waals surface area (Å²) in [4.78, 5) is 129. The number of anilines is 4. The Kier molecular flexibility index (Phi) is 35.0. The van der Waals surface area contributed by atoms with Crippen LogP contribution in [0.15, 0.2) is 353 Å². The van der Waals surface area contributed by atoms with Gasteiger partial charge in [0.05, 0.1) is 116 Å². The Labute approximate surface area is 846 Å². The van der Waals surface area contributed by atoms with Gasteiger partial charge >= 0.3 is 0 Å². The van der Waals surface area contributed by atoms with Crippen LogP contribution >= 0.6 is 92.8 Å². The topological polar surface area (TPSA) is 311 Å². The molecule has 17 rings (SSSR count). The van der Waals surface area contributed by atoms with Crippen molar-refractivity contribution in [2.24, 2.45) is 0 Å². The number of aliphatic hydroxyl groups excluding tert-OH is 2. The monoisotopic (exact) mass is 2020 g/mol. The lowest BCUT2D eigenvalue weighted by molar-refractivity contribution is 0.0706. The molecule has 0 radical (unpaired) electrons.